The van der Waals surface area contributed by atoms with Gasteiger partial charge < -0.3 is 11.5 Å². The Bertz CT molecular complexity index is 130. The molecule has 0 aliphatic heterocycles. The summed E-state index contributed by atoms with van der Waals surface area (Å²) in [7, 11) is 0. The third-order valence-corrected chi connectivity index (χ3v) is 3.32. The zero-order chi connectivity index (χ0) is 9.14. The van der Waals surface area contributed by atoms with Gasteiger partial charge in [-0.2, -0.15) is 0 Å². The Labute approximate surface area is 75.7 Å². The Hall–Kier alpha value is -0.0800. The molecule has 2 atom stereocenters. The van der Waals surface area contributed by atoms with Crippen LogP contribution in [0.25, 0.3) is 0 Å². The summed E-state index contributed by atoms with van der Waals surface area (Å²) in [6.07, 6.45) is 4.02. The molecule has 0 aromatic carbocycles. The van der Waals surface area contributed by atoms with Crippen molar-refractivity contribution in [2.45, 2.75) is 39.2 Å². The molecule has 72 valence electrons. The molecule has 1 saturated carbocycles. The molecule has 0 aromatic heterocycles. The summed E-state index contributed by atoms with van der Waals surface area (Å²) in [5, 5.41) is 0. The van der Waals surface area contributed by atoms with Crippen LogP contribution in [0.15, 0.2) is 0 Å². The molecule has 0 radical (unpaired) electrons. The quantitative estimate of drug-likeness (QED) is 0.669. The van der Waals surface area contributed by atoms with E-state index >= 15 is 0 Å². The van der Waals surface area contributed by atoms with Crippen LogP contribution in [0.5, 0.6) is 0 Å². The lowest BCUT2D eigenvalue weighted by Gasteiger charge is -2.37. The number of hydrogen-bond acceptors (Lipinski definition) is 2. The normalized spacial score (nSPS) is 23.8. The predicted octanol–water partition coefficient (Wildman–Crippen LogP) is 1.34. The van der Waals surface area contributed by atoms with Crippen LogP contribution in [0, 0.1) is 17.8 Å². The minimum Gasteiger partial charge on any atom is -0.330 e. The Morgan fingerprint density at radius 2 is 1.92 bits per heavy atom. The number of nitrogens with two attached hydrogens (primary N) is 2. The molecule has 1 rings (SSSR count). The van der Waals surface area contributed by atoms with Crippen molar-refractivity contribution in [1.29, 1.82) is 0 Å². The summed E-state index contributed by atoms with van der Waals surface area (Å²) in [6, 6.07) is 0.351. The molecule has 1 fully saturated rings. The third-order valence-electron chi connectivity index (χ3n) is 3.32. The minimum atomic E-state index is 0.351. The maximum absolute atomic E-state index is 6.15. The third kappa shape index (κ3) is 1.99. The first-order chi connectivity index (χ1) is 5.66. The zero-order valence-electron chi connectivity index (χ0n) is 8.29. The van der Waals surface area contributed by atoms with Gasteiger partial charge in [0.1, 0.15) is 0 Å². The molecule has 0 saturated heterocycles. The van der Waals surface area contributed by atoms with Gasteiger partial charge >= 0.3 is 0 Å². The van der Waals surface area contributed by atoms with Crippen molar-refractivity contribution in [2.75, 3.05) is 6.54 Å². The summed E-state index contributed by atoms with van der Waals surface area (Å²) in [4.78, 5) is 0. The lowest BCUT2D eigenvalue weighted by atomic mass is 9.72. The van der Waals surface area contributed by atoms with E-state index in [2.05, 4.69) is 13.8 Å². The van der Waals surface area contributed by atoms with Gasteiger partial charge in [0.25, 0.3) is 0 Å². The predicted molar refractivity (Wildman–Crippen MR) is 52.7 cm³/mol. The van der Waals surface area contributed by atoms with Gasteiger partial charge in [0.05, 0.1) is 0 Å². The molecule has 12 heavy (non-hydrogen) atoms. The van der Waals surface area contributed by atoms with Crippen LogP contribution in [0.3, 0.4) is 0 Å². The lowest BCUT2D eigenvalue weighted by Crippen LogP contribution is -2.45. The van der Waals surface area contributed by atoms with Gasteiger partial charge in [-0.15, -0.1) is 0 Å². The Kier molecular flexibility index (Phi) is 3.53. The van der Waals surface area contributed by atoms with Crippen molar-refractivity contribution < 1.29 is 0 Å². The largest absolute Gasteiger partial charge is 0.330 e. The molecule has 2 nitrogen and oxygen atoms in total. The van der Waals surface area contributed by atoms with E-state index in [1.54, 1.807) is 0 Å². The van der Waals surface area contributed by atoms with Crippen LogP contribution in [0.2, 0.25) is 0 Å². The first-order valence-electron chi connectivity index (χ1n) is 5.12. The molecular weight excluding hydrogens is 148 g/mol. The van der Waals surface area contributed by atoms with E-state index in [9.17, 15) is 0 Å². The van der Waals surface area contributed by atoms with Gasteiger partial charge in [0.15, 0.2) is 0 Å². The van der Waals surface area contributed by atoms with Crippen molar-refractivity contribution in [3.05, 3.63) is 0 Å². The fourth-order valence-electron chi connectivity index (χ4n) is 2.05. The Balaban J connectivity index is 2.40. The van der Waals surface area contributed by atoms with Gasteiger partial charge in [-0.05, 0) is 37.1 Å². The molecule has 0 amide bonds. The second kappa shape index (κ2) is 4.24. The fraction of sp³-hybridized carbons (Fsp3) is 1.00. The van der Waals surface area contributed by atoms with Crippen LogP contribution in [-0.4, -0.2) is 12.6 Å². The molecule has 0 heterocycles. The van der Waals surface area contributed by atoms with Crippen molar-refractivity contribution in [1.82, 2.24) is 0 Å². The van der Waals surface area contributed by atoms with Gasteiger partial charge in [0, 0.05) is 6.04 Å². The highest BCUT2D eigenvalue weighted by Gasteiger charge is 2.30. The summed E-state index contributed by atoms with van der Waals surface area (Å²) in [5.41, 5.74) is 11.9. The first kappa shape index (κ1) is 10.0. The summed E-state index contributed by atoms with van der Waals surface area (Å²) < 4.78 is 0. The highest BCUT2D eigenvalue weighted by Crippen LogP contribution is 2.33. The molecule has 0 aromatic rings. The summed E-state index contributed by atoms with van der Waals surface area (Å²) in [5.74, 6) is 1.92. The van der Waals surface area contributed by atoms with Crippen molar-refractivity contribution in [3.8, 4) is 0 Å². The molecular formula is C10H22N2. The topological polar surface area (TPSA) is 52.0 Å². The highest BCUT2D eigenvalue weighted by molar-refractivity contribution is 4.86. The number of rotatable bonds is 4. The first-order valence-corrected chi connectivity index (χ1v) is 5.12. The average molecular weight is 170 g/mol. The molecule has 0 bridgehead atoms. The summed E-state index contributed by atoms with van der Waals surface area (Å²) in [6.45, 7) is 5.18. The van der Waals surface area contributed by atoms with Gasteiger partial charge in [-0.1, -0.05) is 20.3 Å². The number of hydrogen-bond donors (Lipinski definition) is 2. The maximum Gasteiger partial charge on any atom is 0.0110 e. The van der Waals surface area contributed by atoms with Crippen molar-refractivity contribution >= 4 is 0 Å². The second-order valence-corrected chi connectivity index (χ2v) is 4.41. The standard InChI is InChI=1S/C10H22N2/c1-7(2)9(6-11)10(12)8-4-3-5-8/h7-10H,3-6,11-12H2,1-2H3. The highest BCUT2D eigenvalue weighted by atomic mass is 14.7. The van der Waals surface area contributed by atoms with Gasteiger partial charge in [-0.25, -0.2) is 0 Å². The lowest BCUT2D eigenvalue weighted by molar-refractivity contribution is 0.180. The molecule has 0 spiro atoms. The van der Waals surface area contributed by atoms with Crippen LogP contribution in [-0.2, 0) is 0 Å². The molecule has 1 aliphatic rings. The van der Waals surface area contributed by atoms with E-state index in [0.717, 1.165) is 12.5 Å². The fourth-order valence-corrected chi connectivity index (χ4v) is 2.05. The molecule has 1 aliphatic carbocycles. The Morgan fingerprint density at radius 1 is 1.33 bits per heavy atom. The zero-order valence-corrected chi connectivity index (χ0v) is 8.29. The molecule has 4 N–H and O–H groups in total. The smallest absolute Gasteiger partial charge is 0.0110 e. The monoisotopic (exact) mass is 170 g/mol. The van der Waals surface area contributed by atoms with Gasteiger partial charge in [-0.3, -0.25) is 0 Å². The summed E-state index contributed by atoms with van der Waals surface area (Å²) >= 11 is 0. The maximum atomic E-state index is 6.15. The van der Waals surface area contributed by atoms with E-state index in [1.165, 1.54) is 19.3 Å². The average Bonchev–Trinajstić information content (AvgIpc) is 1.83. The SMILES string of the molecule is CC(C)C(CN)C(N)C1CCC1. The molecule has 2 heteroatoms. The molecule has 2 unspecified atom stereocenters. The van der Waals surface area contributed by atoms with E-state index in [0.29, 0.717) is 17.9 Å². The second-order valence-electron chi connectivity index (χ2n) is 4.41. The van der Waals surface area contributed by atoms with E-state index in [1.807, 2.05) is 0 Å². The van der Waals surface area contributed by atoms with E-state index in [-0.39, 0.29) is 0 Å². The van der Waals surface area contributed by atoms with E-state index in [4.69, 9.17) is 11.5 Å². The van der Waals surface area contributed by atoms with Gasteiger partial charge in [0.2, 0.25) is 0 Å². The van der Waals surface area contributed by atoms with Crippen LogP contribution < -0.4 is 11.5 Å². The minimum absolute atomic E-state index is 0.351. The van der Waals surface area contributed by atoms with Crippen molar-refractivity contribution in [3.63, 3.8) is 0 Å². The van der Waals surface area contributed by atoms with Crippen LogP contribution in [0.4, 0.5) is 0 Å². The van der Waals surface area contributed by atoms with E-state index < -0.39 is 0 Å². The van der Waals surface area contributed by atoms with Crippen molar-refractivity contribution in [2.24, 2.45) is 29.2 Å². The van der Waals surface area contributed by atoms with Crippen LogP contribution >= 0.6 is 0 Å². The Morgan fingerprint density at radius 3 is 2.17 bits per heavy atom. The van der Waals surface area contributed by atoms with Crippen LogP contribution in [0.1, 0.15) is 33.1 Å².